The summed E-state index contributed by atoms with van der Waals surface area (Å²) in [7, 11) is 0. The number of carbonyl (C=O) groups excluding carboxylic acids is 2. The maximum Gasteiger partial charge on any atom is 0.336 e. The van der Waals surface area contributed by atoms with Gasteiger partial charge in [0.2, 0.25) is 11.8 Å². The fourth-order valence-corrected chi connectivity index (χ4v) is 3.49. The molecule has 28 heavy (non-hydrogen) atoms. The second-order valence-corrected chi connectivity index (χ2v) is 6.94. The molecule has 0 saturated heterocycles. The number of fused-ring (bicyclic) bond motifs is 2. The second kappa shape index (κ2) is 6.60. The zero-order valence-electron chi connectivity index (χ0n) is 15.3. The van der Waals surface area contributed by atoms with E-state index in [0.29, 0.717) is 33.5 Å². The number of nitrogens with one attached hydrogen (secondary N) is 2. The van der Waals surface area contributed by atoms with Gasteiger partial charge in [-0.15, -0.1) is 0 Å². The normalized spacial score (nSPS) is 15.8. The molecular formula is C21H17FN2O4. The molecule has 7 heteroatoms. The summed E-state index contributed by atoms with van der Waals surface area (Å²) in [5.41, 5.74) is 2.85. The Labute approximate surface area is 159 Å². The molecule has 142 valence electrons. The monoisotopic (exact) mass is 380 g/mol. The highest BCUT2D eigenvalue weighted by Gasteiger charge is 2.31. The van der Waals surface area contributed by atoms with Gasteiger partial charge in [0.05, 0.1) is 5.92 Å². The largest absolute Gasteiger partial charge is 0.423 e. The Kier molecular flexibility index (Phi) is 4.22. The van der Waals surface area contributed by atoms with E-state index in [4.69, 9.17) is 4.42 Å². The van der Waals surface area contributed by atoms with Crippen LogP contribution in [-0.2, 0) is 9.59 Å². The summed E-state index contributed by atoms with van der Waals surface area (Å²) in [5.74, 6) is -1.98. The van der Waals surface area contributed by atoms with Gasteiger partial charge in [-0.25, -0.2) is 9.18 Å². The molecule has 1 atom stereocenters. The summed E-state index contributed by atoms with van der Waals surface area (Å²) in [6, 6.07) is 8.76. The fraction of sp³-hybridized carbons (Fsp3) is 0.190. The number of benzene rings is 2. The average molecular weight is 380 g/mol. The van der Waals surface area contributed by atoms with Crippen LogP contribution in [0.2, 0.25) is 0 Å². The van der Waals surface area contributed by atoms with Crippen LogP contribution in [0.4, 0.5) is 15.8 Å². The number of hydrogen-bond acceptors (Lipinski definition) is 4. The smallest absolute Gasteiger partial charge is 0.336 e. The maximum absolute atomic E-state index is 13.7. The van der Waals surface area contributed by atoms with E-state index in [2.05, 4.69) is 10.6 Å². The van der Waals surface area contributed by atoms with E-state index in [1.807, 2.05) is 0 Å². The van der Waals surface area contributed by atoms with Crippen LogP contribution in [0.25, 0.3) is 11.0 Å². The maximum atomic E-state index is 13.7. The highest BCUT2D eigenvalue weighted by Crippen LogP contribution is 2.34. The standard InChI is InChI=1S/C21H17FN2O4/c1-10-6-20(26)28-18-5-11(2)17(8-13(10)18)24-21(27)15-9-19(25)23-16-4-3-12(22)7-14(15)16/h3-8,15H,9H2,1-2H3,(H,23,25)(H,24,27). The predicted molar refractivity (Wildman–Crippen MR) is 103 cm³/mol. The Morgan fingerprint density at radius 1 is 1.14 bits per heavy atom. The third-order valence-corrected chi connectivity index (χ3v) is 4.92. The summed E-state index contributed by atoms with van der Waals surface area (Å²) < 4.78 is 18.9. The minimum Gasteiger partial charge on any atom is -0.423 e. The summed E-state index contributed by atoms with van der Waals surface area (Å²) in [4.78, 5) is 36.5. The first-order valence-corrected chi connectivity index (χ1v) is 8.77. The van der Waals surface area contributed by atoms with E-state index in [1.54, 1.807) is 26.0 Å². The molecule has 2 aromatic carbocycles. The van der Waals surface area contributed by atoms with Gasteiger partial charge in [-0.3, -0.25) is 9.59 Å². The van der Waals surface area contributed by atoms with Crippen molar-refractivity contribution in [1.82, 2.24) is 0 Å². The Morgan fingerprint density at radius 3 is 2.71 bits per heavy atom. The molecule has 2 N–H and O–H groups in total. The summed E-state index contributed by atoms with van der Waals surface area (Å²) in [5, 5.41) is 6.19. The lowest BCUT2D eigenvalue weighted by atomic mass is 9.89. The van der Waals surface area contributed by atoms with E-state index in [9.17, 15) is 18.8 Å². The zero-order chi connectivity index (χ0) is 20.0. The highest BCUT2D eigenvalue weighted by atomic mass is 19.1. The topological polar surface area (TPSA) is 88.4 Å². The van der Waals surface area contributed by atoms with Gasteiger partial charge in [0.15, 0.2) is 0 Å². The van der Waals surface area contributed by atoms with Gasteiger partial charge in [-0.2, -0.15) is 0 Å². The minimum absolute atomic E-state index is 0.0666. The Bertz CT molecular complexity index is 1200. The molecule has 1 unspecified atom stereocenters. The molecule has 2 amide bonds. The van der Waals surface area contributed by atoms with Crippen LogP contribution in [0.3, 0.4) is 0 Å². The fourth-order valence-electron chi connectivity index (χ4n) is 3.49. The number of aryl methyl sites for hydroxylation is 2. The molecule has 0 aliphatic carbocycles. The van der Waals surface area contributed by atoms with E-state index < -0.39 is 23.3 Å². The Balaban J connectivity index is 1.71. The molecule has 1 aliphatic heterocycles. The van der Waals surface area contributed by atoms with Crippen molar-refractivity contribution in [3.63, 3.8) is 0 Å². The average Bonchev–Trinajstić information content (AvgIpc) is 2.62. The predicted octanol–water partition coefficient (Wildman–Crippen LogP) is 3.61. The molecule has 2 heterocycles. The quantitative estimate of drug-likeness (QED) is 0.665. The van der Waals surface area contributed by atoms with Gasteiger partial charge in [0.25, 0.3) is 0 Å². The van der Waals surface area contributed by atoms with Gasteiger partial charge in [0, 0.05) is 29.2 Å². The second-order valence-electron chi connectivity index (χ2n) is 6.94. The third-order valence-electron chi connectivity index (χ3n) is 4.92. The van der Waals surface area contributed by atoms with Crippen molar-refractivity contribution in [3.8, 4) is 0 Å². The van der Waals surface area contributed by atoms with Crippen molar-refractivity contribution in [2.45, 2.75) is 26.2 Å². The number of anilines is 2. The van der Waals surface area contributed by atoms with Crippen LogP contribution in [0.1, 0.15) is 29.0 Å². The van der Waals surface area contributed by atoms with E-state index in [-0.39, 0.29) is 12.3 Å². The number of halogens is 1. The van der Waals surface area contributed by atoms with Crippen LogP contribution >= 0.6 is 0 Å². The van der Waals surface area contributed by atoms with Crippen LogP contribution in [0.5, 0.6) is 0 Å². The van der Waals surface area contributed by atoms with Crippen LogP contribution < -0.4 is 16.3 Å². The number of rotatable bonds is 2. The molecule has 6 nitrogen and oxygen atoms in total. The molecule has 0 spiro atoms. The first kappa shape index (κ1) is 17.9. The lowest BCUT2D eigenvalue weighted by Crippen LogP contribution is -2.31. The molecule has 0 radical (unpaired) electrons. The molecule has 4 rings (SSSR count). The van der Waals surface area contributed by atoms with Gasteiger partial charge in [-0.05, 0) is 60.9 Å². The van der Waals surface area contributed by atoms with Crippen LogP contribution in [-0.4, -0.2) is 11.8 Å². The van der Waals surface area contributed by atoms with Crippen molar-refractivity contribution in [3.05, 3.63) is 69.3 Å². The number of amides is 2. The summed E-state index contributed by atoms with van der Waals surface area (Å²) in [6.07, 6.45) is -0.0666. The van der Waals surface area contributed by atoms with Crippen molar-refractivity contribution in [2.24, 2.45) is 0 Å². The van der Waals surface area contributed by atoms with Crippen molar-refractivity contribution >= 4 is 34.2 Å². The van der Waals surface area contributed by atoms with E-state index >= 15 is 0 Å². The summed E-state index contributed by atoms with van der Waals surface area (Å²) in [6.45, 7) is 3.56. The lowest BCUT2D eigenvalue weighted by Gasteiger charge is -2.25. The summed E-state index contributed by atoms with van der Waals surface area (Å²) >= 11 is 0. The van der Waals surface area contributed by atoms with E-state index in [0.717, 1.165) is 5.56 Å². The van der Waals surface area contributed by atoms with Gasteiger partial charge < -0.3 is 15.1 Å². The Morgan fingerprint density at radius 2 is 1.93 bits per heavy atom. The molecule has 0 saturated carbocycles. The van der Waals surface area contributed by atoms with Gasteiger partial charge in [-0.1, -0.05) is 0 Å². The third kappa shape index (κ3) is 3.15. The van der Waals surface area contributed by atoms with Gasteiger partial charge in [0.1, 0.15) is 11.4 Å². The first-order valence-electron chi connectivity index (χ1n) is 8.77. The molecule has 0 fully saturated rings. The Hall–Kier alpha value is -3.48. The SMILES string of the molecule is Cc1cc2oc(=O)cc(C)c2cc1NC(=O)C1CC(=O)Nc2ccc(F)cc21. The van der Waals surface area contributed by atoms with Crippen molar-refractivity contribution in [1.29, 1.82) is 0 Å². The minimum atomic E-state index is -0.802. The molecule has 1 aliphatic rings. The van der Waals surface area contributed by atoms with E-state index in [1.165, 1.54) is 24.3 Å². The first-order chi connectivity index (χ1) is 13.3. The molecular weight excluding hydrogens is 363 g/mol. The zero-order valence-corrected chi connectivity index (χ0v) is 15.3. The van der Waals surface area contributed by atoms with Crippen molar-refractivity contribution < 1.29 is 18.4 Å². The van der Waals surface area contributed by atoms with Crippen LogP contribution in [0, 0.1) is 19.7 Å². The number of hydrogen-bond donors (Lipinski definition) is 2. The molecule has 0 bridgehead atoms. The molecule has 1 aromatic heterocycles. The lowest BCUT2D eigenvalue weighted by molar-refractivity contribution is -0.123. The number of carbonyl (C=O) groups is 2. The van der Waals surface area contributed by atoms with Gasteiger partial charge >= 0.3 is 5.63 Å². The highest BCUT2D eigenvalue weighted by molar-refractivity contribution is 6.06. The molecule has 3 aromatic rings. The van der Waals surface area contributed by atoms with Crippen LogP contribution in [0.15, 0.2) is 45.6 Å². The van der Waals surface area contributed by atoms with Crippen molar-refractivity contribution in [2.75, 3.05) is 10.6 Å².